The van der Waals surface area contributed by atoms with E-state index in [-0.39, 0.29) is 23.7 Å². The number of likely N-dealkylation sites (tertiary alicyclic amines) is 1. The van der Waals surface area contributed by atoms with Gasteiger partial charge in [-0.1, -0.05) is 13.8 Å². The maximum Gasteiger partial charge on any atom is 0.272 e. The molecule has 1 aromatic rings. The molecule has 0 spiro atoms. The predicted octanol–water partition coefficient (Wildman–Crippen LogP) is 1.20. The van der Waals surface area contributed by atoms with Crippen LogP contribution in [0.15, 0.2) is 6.07 Å². The number of aromatic nitrogens is 2. The van der Waals surface area contributed by atoms with Crippen molar-refractivity contribution in [3.8, 4) is 0 Å². The molecular weight excluding hydrogens is 306 g/mol. The Kier molecular flexibility index (Phi) is 5.75. The average Bonchev–Trinajstić information content (AvgIpc) is 2.84. The van der Waals surface area contributed by atoms with Crippen molar-refractivity contribution in [3.05, 3.63) is 17.5 Å². The predicted molar refractivity (Wildman–Crippen MR) is 92.3 cm³/mol. The Labute approximate surface area is 143 Å². The van der Waals surface area contributed by atoms with E-state index in [0.717, 1.165) is 12.1 Å². The van der Waals surface area contributed by atoms with Crippen LogP contribution >= 0.6 is 0 Å². The molecule has 2 N–H and O–H groups in total. The van der Waals surface area contributed by atoms with Crippen molar-refractivity contribution in [3.63, 3.8) is 0 Å². The Morgan fingerprint density at radius 1 is 1.46 bits per heavy atom. The molecule has 0 aliphatic carbocycles. The third kappa shape index (κ3) is 4.43. The highest BCUT2D eigenvalue weighted by Gasteiger charge is 2.30. The molecular formula is C17H27N5O2. The zero-order valence-electron chi connectivity index (χ0n) is 15.0. The van der Waals surface area contributed by atoms with Gasteiger partial charge in [-0.3, -0.25) is 9.59 Å². The van der Waals surface area contributed by atoms with Gasteiger partial charge < -0.3 is 15.5 Å². The van der Waals surface area contributed by atoms with E-state index < -0.39 is 0 Å². The van der Waals surface area contributed by atoms with Crippen LogP contribution in [-0.2, 0) is 11.2 Å². The molecule has 7 heteroatoms. The third-order valence-electron chi connectivity index (χ3n) is 4.19. The molecule has 132 valence electrons. The fourth-order valence-corrected chi connectivity index (χ4v) is 3.10. The van der Waals surface area contributed by atoms with Crippen LogP contribution in [0.25, 0.3) is 0 Å². The molecule has 1 unspecified atom stereocenters. The SMILES string of the molecule is CCN1CC(CN(C)C(=O)c2cc(CC(C)C)nc(N)n2)CC1=O. The lowest BCUT2D eigenvalue weighted by Crippen LogP contribution is -2.34. The Morgan fingerprint density at radius 3 is 2.75 bits per heavy atom. The fraction of sp³-hybridized carbons (Fsp3) is 0.647. The van der Waals surface area contributed by atoms with Crippen LogP contribution in [0, 0.1) is 11.8 Å². The van der Waals surface area contributed by atoms with E-state index in [1.54, 1.807) is 18.0 Å². The van der Waals surface area contributed by atoms with Gasteiger partial charge in [-0.05, 0) is 25.3 Å². The lowest BCUT2D eigenvalue weighted by Gasteiger charge is -2.21. The van der Waals surface area contributed by atoms with Gasteiger partial charge in [0.2, 0.25) is 11.9 Å². The van der Waals surface area contributed by atoms with E-state index >= 15 is 0 Å². The molecule has 1 atom stereocenters. The smallest absolute Gasteiger partial charge is 0.272 e. The van der Waals surface area contributed by atoms with Gasteiger partial charge in [-0.15, -0.1) is 0 Å². The Morgan fingerprint density at radius 2 is 2.17 bits per heavy atom. The first-order valence-electron chi connectivity index (χ1n) is 8.46. The van der Waals surface area contributed by atoms with Crippen molar-refractivity contribution in [2.24, 2.45) is 11.8 Å². The molecule has 2 amide bonds. The highest BCUT2D eigenvalue weighted by Crippen LogP contribution is 2.19. The summed E-state index contributed by atoms with van der Waals surface area (Å²) in [4.78, 5) is 36.2. The highest BCUT2D eigenvalue weighted by molar-refractivity contribution is 5.92. The van der Waals surface area contributed by atoms with Crippen LogP contribution in [0.4, 0.5) is 5.95 Å². The maximum absolute atomic E-state index is 12.6. The minimum atomic E-state index is -0.184. The van der Waals surface area contributed by atoms with Crippen LogP contribution in [0.2, 0.25) is 0 Å². The number of anilines is 1. The summed E-state index contributed by atoms with van der Waals surface area (Å²) in [5.74, 6) is 0.689. The second-order valence-corrected chi connectivity index (χ2v) is 6.89. The number of carbonyl (C=O) groups excluding carboxylic acids is 2. The van der Waals surface area contributed by atoms with Crippen molar-refractivity contribution in [1.29, 1.82) is 0 Å². The van der Waals surface area contributed by atoms with Gasteiger partial charge >= 0.3 is 0 Å². The first-order valence-corrected chi connectivity index (χ1v) is 8.46. The van der Waals surface area contributed by atoms with Crippen molar-refractivity contribution in [2.75, 3.05) is 32.4 Å². The summed E-state index contributed by atoms with van der Waals surface area (Å²) < 4.78 is 0. The zero-order valence-corrected chi connectivity index (χ0v) is 15.0. The quantitative estimate of drug-likeness (QED) is 0.844. The van der Waals surface area contributed by atoms with Gasteiger partial charge in [-0.25, -0.2) is 9.97 Å². The summed E-state index contributed by atoms with van der Waals surface area (Å²) in [6, 6.07) is 1.72. The molecule has 1 aliphatic rings. The standard InChI is InChI=1S/C17H27N5O2/c1-5-22-10-12(7-15(22)23)9-21(4)16(24)14-8-13(6-11(2)3)19-17(18)20-14/h8,11-12H,5-7,9-10H2,1-4H3,(H2,18,19,20). The van der Waals surface area contributed by atoms with Crippen molar-refractivity contribution in [1.82, 2.24) is 19.8 Å². The minimum Gasteiger partial charge on any atom is -0.368 e. The average molecular weight is 333 g/mol. The largest absolute Gasteiger partial charge is 0.368 e. The first-order chi connectivity index (χ1) is 11.3. The van der Waals surface area contributed by atoms with Gasteiger partial charge in [0.15, 0.2) is 0 Å². The van der Waals surface area contributed by atoms with Crippen molar-refractivity contribution >= 4 is 17.8 Å². The number of nitrogen functional groups attached to an aromatic ring is 1. The van der Waals surface area contributed by atoms with E-state index in [0.29, 0.717) is 37.7 Å². The van der Waals surface area contributed by atoms with Gasteiger partial charge in [0.05, 0.1) is 0 Å². The summed E-state index contributed by atoms with van der Waals surface area (Å²) >= 11 is 0. The van der Waals surface area contributed by atoms with Crippen molar-refractivity contribution < 1.29 is 9.59 Å². The minimum absolute atomic E-state index is 0.123. The molecule has 1 fully saturated rings. The second-order valence-electron chi connectivity index (χ2n) is 6.89. The molecule has 1 aliphatic heterocycles. The molecule has 7 nitrogen and oxygen atoms in total. The van der Waals surface area contributed by atoms with Crippen LogP contribution in [0.1, 0.15) is 43.4 Å². The zero-order chi connectivity index (χ0) is 17.9. The molecule has 2 rings (SSSR count). The number of hydrogen-bond acceptors (Lipinski definition) is 5. The topological polar surface area (TPSA) is 92.4 Å². The van der Waals surface area contributed by atoms with E-state index in [9.17, 15) is 9.59 Å². The summed E-state index contributed by atoms with van der Waals surface area (Å²) in [5.41, 5.74) is 6.84. The lowest BCUT2D eigenvalue weighted by atomic mass is 10.1. The first kappa shape index (κ1) is 18.2. The summed E-state index contributed by atoms with van der Waals surface area (Å²) in [6.07, 6.45) is 1.25. The van der Waals surface area contributed by atoms with E-state index in [4.69, 9.17) is 5.73 Å². The second kappa shape index (κ2) is 7.59. The normalized spacial score (nSPS) is 17.6. The summed E-state index contributed by atoms with van der Waals surface area (Å²) in [7, 11) is 1.74. The number of rotatable bonds is 6. The molecule has 1 saturated heterocycles. The number of nitrogens with zero attached hydrogens (tertiary/aromatic N) is 4. The summed E-state index contributed by atoms with van der Waals surface area (Å²) in [5, 5.41) is 0. The van der Waals surface area contributed by atoms with Crippen LogP contribution < -0.4 is 5.73 Å². The van der Waals surface area contributed by atoms with Gasteiger partial charge in [-0.2, -0.15) is 0 Å². The third-order valence-corrected chi connectivity index (χ3v) is 4.19. The van der Waals surface area contributed by atoms with Gasteiger partial charge in [0.1, 0.15) is 5.69 Å². The number of carbonyl (C=O) groups is 2. The highest BCUT2D eigenvalue weighted by atomic mass is 16.2. The Bertz CT molecular complexity index is 617. The number of hydrogen-bond donors (Lipinski definition) is 1. The Balaban J connectivity index is 2.05. The molecule has 0 radical (unpaired) electrons. The molecule has 2 heterocycles. The molecule has 24 heavy (non-hydrogen) atoms. The van der Waals surface area contributed by atoms with E-state index in [2.05, 4.69) is 23.8 Å². The Hall–Kier alpha value is -2.18. The lowest BCUT2D eigenvalue weighted by molar-refractivity contribution is -0.127. The van der Waals surface area contributed by atoms with E-state index in [1.165, 1.54) is 0 Å². The number of nitrogens with two attached hydrogens (primary N) is 1. The van der Waals surface area contributed by atoms with Crippen molar-refractivity contribution in [2.45, 2.75) is 33.6 Å². The van der Waals surface area contributed by atoms with E-state index in [1.807, 2.05) is 11.8 Å². The molecule has 0 aromatic carbocycles. The van der Waals surface area contributed by atoms with Crippen LogP contribution in [0.5, 0.6) is 0 Å². The molecule has 0 saturated carbocycles. The van der Waals surface area contributed by atoms with Gasteiger partial charge in [0.25, 0.3) is 5.91 Å². The molecule has 0 bridgehead atoms. The van der Waals surface area contributed by atoms with Crippen LogP contribution in [0.3, 0.4) is 0 Å². The summed E-state index contributed by atoms with van der Waals surface area (Å²) in [6.45, 7) is 8.09. The monoisotopic (exact) mass is 333 g/mol. The maximum atomic E-state index is 12.6. The number of amides is 2. The van der Waals surface area contributed by atoms with Gasteiger partial charge in [0, 0.05) is 44.7 Å². The molecule has 1 aromatic heterocycles. The fourth-order valence-electron chi connectivity index (χ4n) is 3.10. The van der Waals surface area contributed by atoms with Crippen LogP contribution in [-0.4, -0.2) is 58.3 Å².